The van der Waals surface area contributed by atoms with Crippen molar-refractivity contribution < 1.29 is 4.74 Å². The van der Waals surface area contributed by atoms with Gasteiger partial charge in [-0.2, -0.15) is 0 Å². The van der Waals surface area contributed by atoms with Gasteiger partial charge in [0.1, 0.15) is 0 Å². The molecule has 0 amide bonds. The van der Waals surface area contributed by atoms with Gasteiger partial charge in [-0.15, -0.1) is 0 Å². The van der Waals surface area contributed by atoms with E-state index in [1.807, 2.05) is 12.1 Å². The molecule has 1 aromatic carbocycles. The van der Waals surface area contributed by atoms with Crippen LogP contribution in [0.4, 0.5) is 0 Å². The SMILES string of the molecule is CC(C)CCOC(C)c1cccc(Br)c1. The maximum absolute atomic E-state index is 5.77. The van der Waals surface area contributed by atoms with E-state index in [1.165, 1.54) is 5.56 Å². The van der Waals surface area contributed by atoms with Gasteiger partial charge in [-0.05, 0) is 37.0 Å². The smallest absolute Gasteiger partial charge is 0.0797 e. The van der Waals surface area contributed by atoms with Crippen molar-refractivity contribution >= 4 is 15.9 Å². The van der Waals surface area contributed by atoms with E-state index in [1.54, 1.807) is 0 Å². The number of ether oxygens (including phenoxy) is 1. The molecule has 1 aromatic rings. The van der Waals surface area contributed by atoms with Crippen molar-refractivity contribution in [1.82, 2.24) is 0 Å². The lowest BCUT2D eigenvalue weighted by Crippen LogP contribution is -2.03. The Morgan fingerprint density at radius 2 is 2.00 bits per heavy atom. The minimum absolute atomic E-state index is 0.182. The number of benzene rings is 1. The first-order valence-electron chi connectivity index (χ1n) is 5.46. The molecule has 1 unspecified atom stereocenters. The highest BCUT2D eigenvalue weighted by molar-refractivity contribution is 9.10. The molecule has 0 bridgehead atoms. The van der Waals surface area contributed by atoms with E-state index in [4.69, 9.17) is 4.74 Å². The molecular formula is C13H19BrO. The predicted molar refractivity (Wildman–Crippen MR) is 68.0 cm³/mol. The van der Waals surface area contributed by atoms with Gasteiger partial charge >= 0.3 is 0 Å². The van der Waals surface area contributed by atoms with Crippen molar-refractivity contribution in [3.05, 3.63) is 34.3 Å². The zero-order chi connectivity index (χ0) is 11.3. The van der Waals surface area contributed by atoms with E-state index in [-0.39, 0.29) is 6.10 Å². The summed E-state index contributed by atoms with van der Waals surface area (Å²) in [5.74, 6) is 0.708. The maximum atomic E-state index is 5.77. The highest BCUT2D eigenvalue weighted by atomic mass is 79.9. The van der Waals surface area contributed by atoms with Gasteiger partial charge in [0, 0.05) is 11.1 Å². The largest absolute Gasteiger partial charge is 0.374 e. The lowest BCUT2D eigenvalue weighted by atomic mass is 10.1. The van der Waals surface area contributed by atoms with Crippen LogP contribution < -0.4 is 0 Å². The van der Waals surface area contributed by atoms with Gasteiger partial charge in [0.05, 0.1) is 6.10 Å². The third kappa shape index (κ3) is 4.80. The topological polar surface area (TPSA) is 9.23 Å². The average molecular weight is 271 g/mol. The molecular weight excluding hydrogens is 252 g/mol. The van der Waals surface area contributed by atoms with E-state index in [0.717, 1.165) is 17.5 Å². The van der Waals surface area contributed by atoms with E-state index in [9.17, 15) is 0 Å². The molecule has 0 radical (unpaired) electrons. The van der Waals surface area contributed by atoms with Gasteiger partial charge in [0.25, 0.3) is 0 Å². The fraction of sp³-hybridized carbons (Fsp3) is 0.538. The summed E-state index contributed by atoms with van der Waals surface area (Å²) >= 11 is 3.47. The van der Waals surface area contributed by atoms with Crippen LogP contribution in [0.2, 0.25) is 0 Å². The third-order valence-corrected chi connectivity index (χ3v) is 2.87. The van der Waals surface area contributed by atoms with Crippen LogP contribution in [0.5, 0.6) is 0 Å². The standard InChI is InChI=1S/C13H19BrO/c1-10(2)7-8-15-11(3)12-5-4-6-13(14)9-12/h4-6,9-11H,7-8H2,1-3H3. The molecule has 0 N–H and O–H groups in total. The quantitative estimate of drug-likeness (QED) is 0.762. The molecule has 1 rings (SSSR count). The summed E-state index contributed by atoms with van der Waals surface area (Å²) < 4.78 is 6.88. The second-order valence-electron chi connectivity index (χ2n) is 4.25. The Morgan fingerprint density at radius 1 is 1.27 bits per heavy atom. The minimum Gasteiger partial charge on any atom is -0.374 e. The van der Waals surface area contributed by atoms with E-state index < -0.39 is 0 Å². The van der Waals surface area contributed by atoms with Gasteiger partial charge in [0.2, 0.25) is 0 Å². The Hall–Kier alpha value is -0.340. The summed E-state index contributed by atoms with van der Waals surface area (Å²) in [7, 11) is 0. The van der Waals surface area contributed by atoms with Crippen LogP contribution in [0.3, 0.4) is 0 Å². The second-order valence-corrected chi connectivity index (χ2v) is 5.17. The van der Waals surface area contributed by atoms with Gasteiger partial charge in [-0.1, -0.05) is 41.9 Å². The first-order chi connectivity index (χ1) is 7.09. The lowest BCUT2D eigenvalue weighted by molar-refractivity contribution is 0.0583. The second kappa shape index (κ2) is 6.29. The molecule has 0 saturated carbocycles. The van der Waals surface area contributed by atoms with Gasteiger partial charge in [0.15, 0.2) is 0 Å². The maximum Gasteiger partial charge on any atom is 0.0797 e. The van der Waals surface area contributed by atoms with Gasteiger partial charge < -0.3 is 4.74 Å². The molecule has 0 aliphatic carbocycles. The van der Waals surface area contributed by atoms with Crippen LogP contribution >= 0.6 is 15.9 Å². The highest BCUT2D eigenvalue weighted by Crippen LogP contribution is 2.21. The van der Waals surface area contributed by atoms with Crippen molar-refractivity contribution in [3.8, 4) is 0 Å². The third-order valence-electron chi connectivity index (χ3n) is 2.38. The van der Waals surface area contributed by atoms with Crippen LogP contribution in [-0.2, 0) is 4.74 Å². The van der Waals surface area contributed by atoms with E-state index in [0.29, 0.717) is 5.92 Å². The van der Waals surface area contributed by atoms with Crippen molar-refractivity contribution in [1.29, 1.82) is 0 Å². The summed E-state index contributed by atoms with van der Waals surface area (Å²) in [6.07, 6.45) is 1.31. The van der Waals surface area contributed by atoms with Gasteiger partial charge in [-0.3, -0.25) is 0 Å². The van der Waals surface area contributed by atoms with Crippen LogP contribution in [0.1, 0.15) is 38.9 Å². The van der Waals surface area contributed by atoms with E-state index in [2.05, 4.69) is 48.8 Å². The van der Waals surface area contributed by atoms with Crippen LogP contribution in [0.25, 0.3) is 0 Å². The molecule has 0 fully saturated rings. The molecule has 84 valence electrons. The zero-order valence-corrected chi connectivity index (χ0v) is 11.3. The molecule has 1 atom stereocenters. The monoisotopic (exact) mass is 270 g/mol. The number of halogens is 1. The highest BCUT2D eigenvalue weighted by Gasteiger charge is 2.06. The Labute approximate surface area is 101 Å². The van der Waals surface area contributed by atoms with Crippen LogP contribution in [-0.4, -0.2) is 6.61 Å². The summed E-state index contributed by atoms with van der Waals surface area (Å²) in [5, 5.41) is 0. The summed E-state index contributed by atoms with van der Waals surface area (Å²) in [5.41, 5.74) is 1.23. The fourth-order valence-corrected chi connectivity index (χ4v) is 1.75. The molecule has 15 heavy (non-hydrogen) atoms. The molecule has 1 nitrogen and oxygen atoms in total. The Bertz CT molecular complexity index is 296. The number of rotatable bonds is 5. The van der Waals surface area contributed by atoms with Crippen LogP contribution in [0.15, 0.2) is 28.7 Å². The van der Waals surface area contributed by atoms with Crippen molar-refractivity contribution in [2.24, 2.45) is 5.92 Å². The fourth-order valence-electron chi connectivity index (χ4n) is 1.34. The predicted octanol–water partition coefficient (Wildman–Crippen LogP) is 4.57. The summed E-state index contributed by atoms with van der Waals surface area (Å²) in [4.78, 5) is 0. The Kier molecular flexibility index (Phi) is 5.34. The molecule has 0 saturated heterocycles. The zero-order valence-electron chi connectivity index (χ0n) is 9.66. The average Bonchev–Trinajstić information content (AvgIpc) is 2.17. The molecule has 0 spiro atoms. The Morgan fingerprint density at radius 3 is 2.60 bits per heavy atom. The van der Waals surface area contributed by atoms with Crippen molar-refractivity contribution in [2.45, 2.75) is 33.3 Å². The molecule has 0 aliphatic heterocycles. The lowest BCUT2D eigenvalue weighted by Gasteiger charge is -2.14. The van der Waals surface area contributed by atoms with Gasteiger partial charge in [-0.25, -0.2) is 0 Å². The first kappa shape index (κ1) is 12.7. The normalized spacial score (nSPS) is 13.1. The van der Waals surface area contributed by atoms with Crippen LogP contribution in [0, 0.1) is 5.92 Å². The first-order valence-corrected chi connectivity index (χ1v) is 6.26. The molecule has 2 heteroatoms. The number of hydrogen-bond acceptors (Lipinski definition) is 1. The molecule has 0 aromatic heterocycles. The van der Waals surface area contributed by atoms with Crippen molar-refractivity contribution in [3.63, 3.8) is 0 Å². The molecule has 0 heterocycles. The summed E-state index contributed by atoms with van der Waals surface area (Å²) in [6, 6.07) is 8.29. The summed E-state index contributed by atoms with van der Waals surface area (Å²) in [6.45, 7) is 7.37. The van der Waals surface area contributed by atoms with E-state index >= 15 is 0 Å². The number of hydrogen-bond donors (Lipinski definition) is 0. The van der Waals surface area contributed by atoms with Crippen molar-refractivity contribution in [2.75, 3.05) is 6.61 Å². The Balaban J connectivity index is 2.43. The molecule has 0 aliphatic rings. The minimum atomic E-state index is 0.182.